The minimum absolute atomic E-state index is 0.228. The second-order valence-corrected chi connectivity index (χ2v) is 6.40. The third-order valence-corrected chi connectivity index (χ3v) is 4.16. The number of carbonyl (C=O) groups is 1. The van der Waals surface area contributed by atoms with Crippen LogP contribution in [0.4, 0.5) is 4.79 Å². The van der Waals surface area contributed by atoms with Crippen LogP contribution in [0, 0.1) is 0 Å². The zero-order valence-corrected chi connectivity index (χ0v) is 15.1. The quantitative estimate of drug-likeness (QED) is 0.387. The molecule has 0 aliphatic rings. The van der Waals surface area contributed by atoms with Gasteiger partial charge in [0.25, 0.3) is 5.56 Å². The molecule has 0 fully saturated rings. The number of benzene rings is 2. The van der Waals surface area contributed by atoms with Gasteiger partial charge < -0.3 is 0 Å². The number of nitrogens with two attached hydrogens (primary N) is 1. The number of hydrazone groups is 1. The number of nitrogens with zero attached hydrogens (tertiary/aromatic N) is 3. The van der Waals surface area contributed by atoms with E-state index in [0.717, 1.165) is 4.47 Å². The minimum atomic E-state index is -0.519. The lowest BCUT2D eigenvalue weighted by molar-refractivity contribution is 0.261. The molecule has 9 heteroatoms. The zero-order valence-electron chi connectivity index (χ0n) is 12.7. The number of para-hydroxylation sites is 1. The average molecular weight is 418 g/mol. The van der Waals surface area contributed by atoms with E-state index in [0.29, 0.717) is 28.5 Å². The van der Waals surface area contributed by atoms with Crippen molar-refractivity contribution in [2.75, 3.05) is 0 Å². The number of halogens is 1. The zero-order chi connectivity index (χ0) is 17.8. The molecule has 1 amide bonds. The first-order chi connectivity index (χ1) is 12.1. The molecule has 3 aromatic rings. The molecule has 3 N–H and O–H groups in total. The third-order valence-electron chi connectivity index (χ3n) is 3.33. The lowest BCUT2D eigenvalue weighted by Gasteiger charge is -2.11. The second-order valence-electron chi connectivity index (χ2n) is 4.88. The van der Waals surface area contributed by atoms with Crippen LogP contribution >= 0.6 is 27.9 Å². The van der Waals surface area contributed by atoms with Crippen molar-refractivity contribution in [2.24, 2.45) is 10.2 Å². The molecule has 2 aromatic carbocycles. The van der Waals surface area contributed by atoms with Gasteiger partial charge in [0.15, 0.2) is 5.82 Å². The third kappa shape index (κ3) is 3.78. The van der Waals surface area contributed by atoms with Crippen LogP contribution in [0.3, 0.4) is 0 Å². The highest BCUT2D eigenvalue weighted by Crippen LogP contribution is 2.15. The van der Waals surface area contributed by atoms with Crippen LogP contribution in [-0.4, -0.2) is 21.0 Å². The lowest BCUT2D eigenvalue weighted by Crippen LogP contribution is -2.24. The van der Waals surface area contributed by atoms with Gasteiger partial charge in [-0.05, 0) is 36.4 Å². The van der Waals surface area contributed by atoms with E-state index < -0.39 is 5.24 Å². The molecule has 3 rings (SSSR count). The fourth-order valence-corrected chi connectivity index (χ4v) is 2.61. The Hall–Kier alpha value is -2.49. The van der Waals surface area contributed by atoms with Gasteiger partial charge >= 0.3 is 5.24 Å². The molecule has 1 heterocycles. The van der Waals surface area contributed by atoms with Gasteiger partial charge in [-0.3, -0.25) is 19.3 Å². The summed E-state index contributed by atoms with van der Waals surface area (Å²) in [5, 5.41) is 8.92. The van der Waals surface area contributed by atoms with Crippen molar-refractivity contribution in [1.29, 1.82) is 0 Å². The second kappa shape index (κ2) is 7.60. The van der Waals surface area contributed by atoms with Gasteiger partial charge in [0.2, 0.25) is 0 Å². The Kier molecular flexibility index (Phi) is 5.27. The molecule has 0 saturated carbocycles. The van der Waals surface area contributed by atoms with Gasteiger partial charge in [-0.2, -0.15) is 5.10 Å². The number of carbonyl (C=O) groups excluding carboxylic acids is 1. The van der Waals surface area contributed by atoms with Crippen LogP contribution in [0.15, 0.2) is 62.9 Å². The fourth-order valence-electron chi connectivity index (χ4n) is 2.25. The normalized spacial score (nSPS) is 11.1. The number of rotatable bonds is 3. The Bertz CT molecular complexity index is 1020. The summed E-state index contributed by atoms with van der Waals surface area (Å²) in [4.78, 5) is 28.6. The summed E-state index contributed by atoms with van der Waals surface area (Å²) in [5.74, 6) is 0.286. The van der Waals surface area contributed by atoms with Crippen molar-refractivity contribution in [1.82, 2.24) is 15.0 Å². The molecule has 0 aliphatic carbocycles. The Morgan fingerprint density at radius 1 is 1.24 bits per heavy atom. The highest BCUT2D eigenvalue weighted by Gasteiger charge is 2.11. The molecule has 0 bridgehead atoms. The predicted octanol–water partition coefficient (Wildman–Crippen LogP) is 2.80. The van der Waals surface area contributed by atoms with E-state index in [4.69, 9.17) is 5.14 Å². The summed E-state index contributed by atoms with van der Waals surface area (Å²) in [5.41, 5.74) is 3.19. The van der Waals surface area contributed by atoms with Crippen LogP contribution in [-0.2, 0) is 0 Å². The molecular weight excluding hydrogens is 406 g/mol. The first kappa shape index (κ1) is 17.3. The van der Waals surface area contributed by atoms with Crippen molar-refractivity contribution in [2.45, 2.75) is 0 Å². The van der Waals surface area contributed by atoms with Gasteiger partial charge in [0, 0.05) is 16.4 Å². The van der Waals surface area contributed by atoms with Crippen molar-refractivity contribution in [3.8, 4) is 5.69 Å². The van der Waals surface area contributed by atoms with Gasteiger partial charge in [0.05, 0.1) is 22.8 Å². The van der Waals surface area contributed by atoms with Crippen molar-refractivity contribution in [3.63, 3.8) is 0 Å². The molecule has 25 heavy (non-hydrogen) atoms. The van der Waals surface area contributed by atoms with E-state index in [-0.39, 0.29) is 11.4 Å². The van der Waals surface area contributed by atoms with E-state index in [1.165, 1.54) is 10.8 Å². The first-order valence-corrected chi connectivity index (χ1v) is 8.75. The summed E-state index contributed by atoms with van der Waals surface area (Å²) in [6.07, 6.45) is 1.31. The van der Waals surface area contributed by atoms with Crippen LogP contribution in [0.5, 0.6) is 0 Å². The van der Waals surface area contributed by atoms with Crippen LogP contribution in [0.2, 0.25) is 0 Å². The van der Waals surface area contributed by atoms with Gasteiger partial charge in [-0.15, -0.1) is 0 Å². The lowest BCUT2D eigenvalue weighted by atomic mass is 10.2. The van der Waals surface area contributed by atoms with Gasteiger partial charge in [-0.25, -0.2) is 10.4 Å². The van der Waals surface area contributed by atoms with E-state index in [1.807, 2.05) is 12.1 Å². The summed E-state index contributed by atoms with van der Waals surface area (Å²) < 4.78 is 2.32. The van der Waals surface area contributed by atoms with Crippen LogP contribution in [0.25, 0.3) is 16.6 Å². The maximum absolute atomic E-state index is 12.9. The Labute approximate surface area is 155 Å². The molecular formula is C16H12BrN5O2S. The van der Waals surface area contributed by atoms with E-state index in [9.17, 15) is 9.59 Å². The van der Waals surface area contributed by atoms with Gasteiger partial charge in [0.1, 0.15) is 0 Å². The Morgan fingerprint density at radius 2 is 1.96 bits per heavy atom. The molecule has 0 radical (unpaired) electrons. The molecule has 0 atom stereocenters. The Morgan fingerprint density at radius 3 is 2.68 bits per heavy atom. The fraction of sp³-hybridized carbons (Fsp3) is 0. The van der Waals surface area contributed by atoms with Crippen molar-refractivity contribution < 1.29 is 4.79 Å². The average Bonchev–Trinajstić information content (AvgIpc) is 2.63. The summed E-state index contributed by atoms with van der Waals surface area (Å²) in [6.45, 7) is 0. The smallest absolute Gasteiger partial charge is 0.269 e. The summed E-state index contributed by atoms with van der Waals surface area (Å²) in [7, 11) is 0. The number of nitrogens with one attached hydrogen (secondary N) is 1. The maximum Gasteiger partial charge on any atom is 0.313 e. The first-order valence-electron chi connectivity index (χ1n) is 7.07. The summed E-state index contributed by atoms with van der Waals surface area (Å²) in [6, 6.07) is 14.3. The predicted molar refractivity (Wildman–Crippen MR) is 103 cm³/mol. The highest BCUT2D eigenvalue weighted by molar-refractivity contribution is 9.10. The monoisotopic (exact) mass is 417 g/mol. The largest absolute Gasteiger partial charge is 0.313 e. The standard InChI is InChI=1S/C16H12BrN5O2S/c17-10-5-7-11(8-6-10)22-14(9-19-21-16(24)25-18)20-13-4-2-1-3-12(13)15(22)23/h1-9H,18H2,(H,21,24)/b19-9+. The van der Waals surface area contributed by atoms with Crippen molar-refractivity contribution >= 4 is 50.2 Å². The molecule has 1 aromatic heterocycles. The number of amides is 1. The number of aromatic nitrogens is 2. The van der Waals surface area contributed by atoms with Gasteiger partial charge in [-0.1, -0.05) is 28.1 Å². The van der Waals surface area contributed by atoms with Crippen LogP contribution in [0.1, 0.15) is 5.82 Å². The van der Waals surface area contributed by atoms with E-state index in [2.05, 4.69) is 31.4 Å². The number of fused-ring (bicyclic) bond motifs is 1. The molecule has 0 unspecified atom stereocenters. The topological polar surface area (TPSA) is 102 Å². The molecule has 126 valence electrons. The minimum Gasteiger partial charge on any atom is -0.269 e. The Balaban J connectivity index is 2.19. The van der Waals surface area contributed by atoms with Crippen molar-refractivity contribution in [3.05, 3.63) is 69.2 Å². The number of hydrogen-bond donors (Lipinski definition) is 2. The van der Waals surface area contributed by atoms with Crippen LogP contribution < -0.4 is 16.1 Å². The summed E-state index contributed by atoms with van der Waals surface area (Å²) >= 11 is 3.88. The molecule has 7 nitrogen and oxygen atoms in total. The molecule has 0 saturated heterocycles. The maximum atomic E-state index is 12.9. The number of hydrogen-bond acceptors (Lipinski definition) is 6. The highest BCUT2D eigenvalue weighted by atomic mass is 79.9. The van der Waals surface area contributed by atoms with E-state index in [1.54, 1.807) is 36.4 Å². The van der Waals surface area contributed by atoms with E-state index >= 15 is 0 Å². The SMILES string of the molecule is NSC(=O)N/N=C/c1nc2ccccc2c(=O)n1-c1ccc(Br)cc1. The molecule has 0 spiro atoms. The molecule has 0 aliphatic heterocycles.